The number of aliphatic carboxylic acids is 1. The number of alkyl carbamates (subject to hydrolysis) is 1. The van der Waals surface area contributed by atoms with E-state index in [1.54, 1.807) is 6.07 Å². The van der Waals surface area contributed by atoms with Crippen LogP contribution in [0.3, 0.4) is 0 Å². The number of rotatable bonds is 6. The molecule has 170 valence electrons. The fourth-order valence-corrected chi connectivity index (χ4v) is 4.73. The molecule has 0 spiro atoms. The molecule has 0 saturated heterocycles. The fourth-order valence-electron chi connectivity index (χ4n) is 4.73. The van der Waals surface area contributed by atoms with Crippen LogP contribution in [-0.2, 0) is 16.0 Å². The van der Waals surface area contributed by atoms with Crippen LogP contribution in [-0.4, -0.2) is 34.9 Å². The molecule has 34 heavy (non-hydrogen) atoms. The molecular formula is C28H23NO5. The van der Waals surface area contributed by atoms with Gasteiger partial charge in [-0.25, -0.2) is 9.59 Å². The van der Waals surface area contributed by atoms with Crippen molar-refractivity contribution in [2.75, 3.05) is 6.61 Å². The number of phenolic OH excluding ortho intramolecular Hbond substituents is 1. The summed E-state index contributed by atoms with van der Waals surface area (Å²) in [5, 5.41) is 24.2. The van der Waals surface area contributed by atoms with E-state index in [-0.39, 0.29) is 24.7 Å². The van der Waals surface area contributed by atoms with E-state index in [1.165, 1.54) is 6.07 Å². The van der Waals surface area contributed by atoms with E-state index in [2.05, 4.69) is 5.32 Å². The van der Waals surface area contributed by atoms with E-state index in [1.807, 2.05) is 72.8 Å². The maximum absolute atomic E-state index is 12.6. The van der Waals surface area contributed by atoms with Crippen molar-refractivity contribution in [2.24, 2.45) is 0 Å². The van der Waals surface area contributed by atoms with Crippen molar-refractivity contribution < 1.29 is 24.5 Å². The second kappa shape index (κ2) is 8.90. The number of aromatic hydroxyl groups is 1. The first-order valence-electron chi connectivity index (χ1n) is 11.1. The predicted octanol–water partition coefficient (Wildman–Crippen LogP) is 5.08. The zero-order valence-electron chi connectivity index (χ0n) is 18.3. The van der Waals surface area contributed by atoms with Gasteiger partial charge < -0.3 is 20.3 Å². The monoisotopic (exact) mass is 453 g/mol. The second-order valence-electron chi connectivity index (χ2n) is 8.35. The predicted molar refractivity (Wildman–Crippen MR) is 129 cm³/mol. The van der Waals surface area contributed by atoms with Crippen LogP contribution in [0.4, 0.5) is 4.79 Å². The number of hydrogen-bond donors (Lipinski definition) is 3. The number of phenols is 1. The Morgan fingerprint density at radius 1 is 0.853 bits per heavy atom. The van der Waals surface area contributed by atoms with Gasteiger partial charge in [-0.05, 0) is 39.1 Å². The zero-order valence-corrected chi connectivity index (χ0v) is 18.3. The Bertz CT molecular complexity index is 1350. The second-order valence-corrected chi connectivity index (χ2v) is 8.35. The molecule has 0 saturated carbocycles. The molecule has 1 aliphatic carbocycles. The third-order valence-electron chi connectivity index (χ3n) is 6.36. The third kappa shape index (κ3) is 3.94. The number of hydrogen-bond acceptors (Lipinski definition) is 4. The van der Waals surface area contributed by atoms with Gasteiger partial charge in [-0.2, -0.15) is 0 Å². The minimum atomic E-state index is -1.26. The quantitative estimate of drug-likeness (QED) is 0.378. The van der Waals surface area contributed by atoms with Crippen LogP contribution in [0.15, 0.2) is 84.9 Å². The molecular weight excluding hydrogens is 430 g/mol. The Hall–Kier alpha value is -4.32. The summed E-state index contributed by atoms with van der Waals surface area (Å²) in [4.78, 5) is 24.5. The van der Waals surface area contributed by atoms with Crippen LogP contribution >= 0.6 is 0 Å². The number of fused-ring (bicyclic) bond motifs is 4. The van der Waals surface area contributed by atoms with Crippen molar-refractivity contribution in [3.63, 3.8) is 0 Å². The van der Waals surface area contributed by atoms with Gasteiger partial charge in [-0.3, -0.25) is 0 Å². The standard InChI is InChI=1S/C28H23NO5/c30-26-14-13-17-7-1-2-8-18(17)23(26)15-25(27(31)32)29-28(33)34-16-24-21-11-5-3-9-19(21)20-10-4-6-12-22(20)24/h1-14,24-25,30H,15-16H2,(H,29,33)(H,31,32). The van der Waals surface area contributed by atoms with Crippen LogP contribution in [0.1, 0.15) is 22.6 Å². The van der Waals surface area contributed by atoms with E-state index in [4.69, 9.17) is 4.74 Å². The fraction of sp³-hybridized carbons (Fsp3) is 0.143. The summed E-state index contributed by atoms with van der Waals surface area (Å²) in [7, 11) is 0. The summed E-state index contributed by atoms with van der Waals surface area (Å²) in [6.07, 6.45) is -0.888. The molecule has 0 bridgehead atoms. The number of carbonyl (C=O) groups is 2. The number of benzene rings is 4. The lowest BCUT2D eigenvalue weighted by Gasteiger charge is -2.18. The van der Waals surface area contributed by atoms with Crippen molar-refractivity contribution in [1.29, 1.82) is 0 Å². The highest BCUT2D eigenvalue weighted by Gasteiger charge is 2.30. The van der Waals surface area contributed by atoms with Gasteiger partial charge in [-0.1, -0.05) is 78.9 Å². The van der Waals surface area contributed by atoms with Gasteiger partial charge in [0.2, 0.25) is 0 Å². The zero-order chi connectivity index (χ0) is 23.7. The number of nitrogens with one attached hydrogen (secondary N) is 1. The summed E-state index contributed by atoms with van der Waals surface area (Å²) < 4.78 is 5.50. The van der Waals surface area contributed by atoms with Crippen molar-refractivity contribution in [3.8, 4) is 16.9 Å². The highest BCUT2D eigenvalue weighted by atomic mass is 16.5. The summed E-state index contributed by atoms with van der Waals surface area (Å²) in [6, 6.07) is 25.4. The topological polar surface area (TPSA) is 95.9 Å². The first-order chi connectivity index (χ1) is 16.5. The average molecular weight is 453 g/mol. The SMILES string of the molecule is O=C(NC(Cc1c(O)ccc2ccccc12)C(=O)O)OCC1c2ccccc2-c2ccccc21. The molecule has 1 amide bonds. The van der Waals surface area contributed by atoms with Crippen LogP contribution in [0.2, 0.25) is 0 Å². The van der Waals surface area contributed by atoms with Crippen molar-refractivity contribution in [1.82, 2.24) is 5.32 Å². The van der Waals surface area contributed by atoms with Gasteiger partial charge in [-0.15, -0.1) is 0 Å². The largest absolute Gasteiger partial charge is 0.508 e. The lowest BCUT2D eigenvalue weighted by atomic mass is 9.97. The molecule has 3 N–H and O–H groups in total. The maximum Gasteiger partial charge on any atom is 0.407 e. The number of carboxylic acid groups (broad SMARTS) is 1. The minimum absolute atomic E-state index is 0.0145. The number of carboxylic acids is 1. The number of amides is 1. The summed E-state index contributed by atoms with van der Waals surface area (Å²) in [6.45, 7) is 0.0890. The van der Waals surface area contributed by atoms with Gasteiger partial charge in [0.05, 0.1) is 0 Å². The lowest BCUT2D eigenvalue weighted by molar-refractivity contribution is -0.139. The minimum Gasteiger partial charge on any atom is -0.508 e. The summed E-state index contributed by atoms with van der Waals surface area (Å²) in [5.74, 6) is -1.34. The van der Waals surface area contributed by atoms with Gasteiger partial charge in [0.25, 0.3) is 0 Å². The van der Waals surface area contributed by atoms with Crippen molar-refractivity contribution in [2.45, 2.75) is 18.4 Å². The van der Waals surface area contributed by atoms with E-state index >= 15 is 0 Å². The highest BCUT2D eigenvalue weighted by Crippen LogP contribution is 2.44. The van der Waals surface area contributed by atoms with Crippen LogP contribution in [0.5, 0.6) is 5.75 Å². The molecule has 0 heterocycles. The van der Waals surface area contributed by atoms with Crippen LogP contribution < -0.4 is 5.32 Å². The Morgan fingerprint density at radius 3 is 2.15 bits per heavy atom. The molecule has 0 aliphatic heterocycles. The molecule has 0 fully saturated rings. The van der Waals surface area contributed by atoms with Gasteiger partial charge in [0.15, 0.2) is 0 Å². The van der Waals surface area contributed by atoms with E-state index in [9.17, 15) is 19.8 Å². The molecule has 0 aromatic heterocycles. The molecule has 1 unspecified atom stereocenters. The molecule has 0 radical (unpaired) electrons. The Morgan fingerprint density at radius 2 is 1.47 bits per heavy atom. The van der Waals surface area contributed by atoms with E-state index < -0.39 is 18.1 Å². The van der Waals surface area contributed by atoms with Crippen molar-refractivity contribution >= 4 is 22.8 Å². The first-order valence-corrected chi connectivity index (χ1v) is 11.1. The smallest absolute Gasteiger partial charge is 0.407 e. The molecule has 4 aromatic carbocycles. The molecule has 1 atom stereocenters. The van der Waals surface area contributed by atoms with Gasteiger partial charge in [0, 0.05) is 17.9 Å². The van der Waals surface area contributed by atoms with Crippen LogP contribution in [0.25, 0.3) is 21.9 Å². The van der Waals surface area contributed by atoms with Gasteiger partial charge in [0.1, 0.15) is 18.4 Å². The average Bonchev–Trinajstić information content (AvgIpc) is 3.17. The lowest BCUT2D eigenvalue weighted by Crippen LogP contribution is -2.43. The summed E-state index contributed by atoms with van der Waals surface area (Å²) in [5.41, 5.74) is 4.84. The highest BCUT2D eigenvalue weighted by molar-refractivity contribution is 5.89. The number of carbonyl (C=O) groups excluding carboxylic acids is 1. The Labute approximate surface area is 196 Å². The molecule has 1 aliphatic rings. The summed E-state index contributed by atoms with van der Waals surface area (Å²) >= 11 is 0. The van der Waals surface area contributed by atoms with Crippen molar-refractivity contribution in [3.05, 3.63) is 102 Å². The van der Waals surface area contributed by atoms with E-state index in [0.717, 1.165) is 33.0 Å². The molecule has 4 aromatic rings. The molecule has 6 nitrogen and oxygen atoms in total. The van der Waals surface area contributed by atoms with E-state index in [0.29, 0.717) is 5.56 Å². The first kappa shape index (κ1) is 21.5. The number of ether oxygens (including phenoxy) is 1. The van der Waals surface area contributed by atoms with Crippen LogP contribution in [0, 0.1) is 0 Å². The third-order valence-corrected chi connectivity index (χ3v) is 6.36. The molecule has 6 heteroatoms. The maximum atomic E-state index is 12.6. The normalized spacial score (nSPS) is 13.2. The molecule has 5 rings (SSSR count). The Balaban J connectivity index is 1.31. The Kier molecular flexibility index (Phi) is 5.64. The van der Waals surface area contributed by atoms with Gasteiger partial charge >= 0.3 is 12.1 Å².